The molecule has 0 saturated carbocycles. The maximum Gasteiger partial charge on any atom is 0.138 e. The van der Waals surface area contributed by atoms with Gasteiger partial charge in [-0.05, 0) is 26.8 Å². The van der Waals surface area contributed by atoms with Gasteiger partial charge in [0.25, 0.3) is 0 Å². The van der Waals surface area contributed by atoms with Gasteiger partial charge in [0.1, 0.15) is 17.2 Å². The number of aromatic nitrogens is 3. The molecule has 94 valence electrons. The highest BCUT2D eigenvalue weighted by molar-refractivity contribution is 6.30. The Labute approximate surface area is 111 Å². The van der Waals surface area contributed by atoms with E-state index in [1.54, 1.807) is 12.4 Å². The topological polar surface area (TPSA) is 47.9 Å². The molecular weight excluding hydrogens is 250 g/mol. The normalized spacial score (nSPS) is 10.7. The minimum Gasteiger partial charge on any atom is -0.489 e. The highest BCUT2D eigenvalue weighted by atomic mass is 35.5. The molecule has 0 aromatic carbocycles. The first-order chi connectivity index (χ1) is 8.58. The maximum atomic E-state index is 5.99. The van der Waals surface area contributed by atoms with E-state index in [0.29, 0.717) is 5.15 Å². The summed E-state index contributed by atoms with van der Waals surface area (Å²) < 4.78 is 5.61. The average Bonchev–Trinajstić information content (AvgIpc) is 2.32. The largest absolute Gasteiger partial charge is 0.489 e. The Hall–Kier alpha value is -1.68. The summed E-state index contributed by atoms with van der Waals surface area (Å²) in [6.45, 7) is 5.83. The molecular formula is C13H14ClN3O. The smallest absolute Gasteiger partial charge is 0.138 e. The van der Waals surface area contributed by atoms with Crippen molar-refractivity contribution in [2.75, 3.05) is 0 Å². The summed E-state index contributed by atoms with van der Waals surface area (Å²) in [6, 6.07) is 1.90. The molecule has 0 amide bonds. The lowest BCUT2D eigenvalue weighted by atomic mass is 10.1. The Morgan fingerprint density at radius 2 is 2.00 bits per heavy atom. The van der Waals surface area contributed by atoms with Gasteiger partial charge in [-0.2, -0.15) is 0 Å². The van der Waals surface area contributed by atoms with Crippen LogP contribution in [0.3, 0.4) is 0 Å². The van der Waals surface area contributed by atoms with Crippen LogP contribution in [0.15, 0.2) is 24.8 Å². The van der Waals surface area contributed by atoms with Gasteiger partial charge in [0.2, 0.25) is 0 Å². The molecule has 2 aromatic rings. The fraction of sp³-hybridized carbons (Fsp3) is 0.308. The molecule has 4 nitrogen and oxygen atoms in total. The van der Waals surface area contributed by atoms with Crippen LogP contribution < -0.4 is 4.74 Å². The first-order valence-corrected chi connectivity index (χ1v) is 6.05. The van der Waals surface area contributed by atoms with Crippen LogP contribution in [-0.2, 0) is 0 Å². The summed E-state index contributed by atoms with van der Waals surface area (Å²) in [5.41, 5.74) is 2.48. The Bertz CT molecular complexity index is 558. The lowest BCUT2D eigenvalue weighted by Crippen LogP contribution is -2.05. The van der Waals surface area contributed by atoms with E-state index in [4.69, 9.17) is 16.3 Å². The number of nitrogens with zero attached hydrogens (tertiary/aromatic N) is 3. The zero-order chi connectivity index (χ0) is 13.1. The summed E-state index contributed by atoms with van der Waals surface area (Å²) in [4.78, 5) is 12.3. The molecule has 5 heteroatoms. The quantitative estimate of drug-likeness (QED) is 0.798. The summed E-state index contributed by atoms with van der Waals surface area (Å²) in [5.74, 6) is 0.719. The lowest BCUT2D eigenvalue weighted by molar-refractivity contribution is 0.241. The first-order valence-electron chi connectivity index (χ1n) is 5.67. The third kappa shape index (κ3) is 2.76. The SMILES string of the molecule is Cc1c(Cl)ncnc1-c1cncc(OC(C)C)c1. The summed E-state index contributed by atoms with van der Waals surface area (Å²) >= 11 is 5.99. The number of ether oxygens (including phenoxy) is 1. The van der Waals surface area contributed by atoms with Crippen LogP contribution in [-0.4, -0.2) is 21.1 Å². The van der Waals surface area contributed by atoms with E-state index >= 15 is 0 Å². The van der Waals surface area contributed by atoms with Crippen molar-refractivity contribution < 1.29 is 4.74 Å². The van der Waals surface area contributed by atoms with Crippen LogP contribution in [0.4, 0.5) is 0 Å². The van der Waals surface area contributed by atoms with Crippen LogP contribution in [0.1, 0.15) is 19.4 Å². The van der Waals surface area contributed by atoms with Crippen LogP contribution in [0.5, 0.6) is 5.75 Å². The molecule has 0 unspecified atom stereocenters. The second kappa shape index (κ2) is 5.31. The molecule has 0 saturated heterocycles. The Morgan fingerprint density at radius 1 is 1.22 bits per heavy atom. The second-order valence-electron chi connectivity index (χ2n) is 4.21. The second-order valence-corrected chi connectivity index (χ2v) is 4.57. The van der Waals surface area contributed by atoms with E-state index in [0.717, 1.165) is 22.6 Å². The van der Waals surface area contributed by atoms with Crippen LogP contribution in [0, 0.1) is 6.92 Å². The Kier molecular flexibility index (Phi) is 3.77. The monoisotopic (exact) mass is 263 g/mol. The predicted octanol–water partition coefficient (Wildman–Crippen LogP) is 3.29. The molecule has 18 heavy (non-hydrogen) atoms. The van der Waals surface area contributed by atoms with Gasteiger partial charge in [0, 0.05) is 17.3 Å². The van der Waals surface area contributed by atoms with Crippen molar-refractivity contribution in [3.05, 3.63) is 35.5 Å². The van der Waals surface area contributed by atoms with Crippen molar-refractivity contribution in [3.63, 3.8) is 0 Å². The standard InChI is InChI=1S/C13H14ClN3O/c1-8(2)18-11-4-10(5-15-6-11)12-9(3)13(14)17-7-16-12/h4-8H,1-3H3. The predicted molar refractivity (Wildman–Crippen MR) is 70.8 cm³/mol. The third-order valence-electron chi connectivity index (χ3n) is 2.38. The van der Waals surface area contributed by atoms with E-state index in [1.807, 2.05) is 26.8 Å². The molecule has 2 aromatic heterocycles. The minimum absolute atomic E-state index is 0.108. The number of rotatable bonds is 3. The average molecular weight is 264 g/mol. The molecule has 2 heterocycles. The number of pyridine rings is 1. The van der Waals surface area contributed by atoms with Crippen LogP contribution >= 0.6 is 11.6 Å². The molecule has 2 rings (SSSR count). The first kappa shape index (κ1) is 12.8. The molecule has 0 aliphatic rings. The van der Waals surface area contributed by atoms with Crippen molar-refractivity contribution in [3.8, 4) is 17.0 Å². The highest BCUT2D eigenvalue weighted by Gasteiger charge is 2.09. The van der Waals surface area contributed by atoms with E-state index < -0.39 is 0 Å². The molecule has 0 aliphatic heterocycles. The fourth-order valence-corrected chi connectivity index (χ4v) is 1.74. The van der Waals surface area contributed by atoms with Gasteiger partial charge in [0.05, 0.1) is 18.0 Å². The van der Waals surface area contributed by atoms with Gasteiger partial charge in [0.15, 0.2) is 0 Å². The van der Waals surface area contributed by atoms with E-state index in [-0.39, 0.29) is 6.10 Å². The number of hydrogen-bond acceptors (Lipinski definition) is 4. The van der Waals surface area contributed by atoms with Crippen molar-refractivity contribution in [1.82, 2.24) is 15.0 Å². The van der Waals surface area contributed by atoms with E-state index in [2.05, 4.69) is 15.0 Å². The highest BCUT2D eigenvalue weighted by Crippen LogP contribution is 2.26. The molecule has 0 bridgehead atoms. The summed E-state index contributed by atoms with van der Waals surface area (Å²) in [7, 11) is 0. The third-order valence-corrected chi connectivity index (χ3v) is 2.76. The Morgan fingerprint density at radius 3 is 2.72 bits per heavy atom. The molecule has 0 radical (unpaired) electrons. The number of halogens is 1. The summed E-state index contributed by atoms with van der Waals surface area (Å²) in [6.07, 6.45) is 4.97. The maximum absolute atomic E-state index is 5.99. The van der Waals surface area contributed by atoms with Crippen LogP contribution in [0.25, 0.3) is 11.3 Å². The van der Waals surface area contributed by atoms with Gasteiger partial charge in [-0.1, -0.05) is 11.6 Å². The van der Waals surface area contributed by atoms with Crippen LogP contribution in [0.2, 0.25) is 5.15 Å². The number of hydrogen-bond donors (Lipinski definition) is 0. The lowest BCUT2D eigenvalue weighted by Gasteiger charge is -2.11. The molecule has 0 aliphatic carbocycles. The van der Waals surface area contributed by atoms with Crippen molar-refractivity contribution in [1.29, 1.82) is 0 Å². The summed E-state index contributed by atoms with van der Waals surface area (Å²) in [5, 5.41) is 0.454. The zero-order valence-corrected chi connectivity index (χ0v) is 11.3. The van der Waals surface area contributed by atoms with Gasteiger partial charge in [-0.3, -0.25) is 4.98 Å². The molecule has 0 spiro atoms. The molecule has 0 N–H and O–H groups in total. The van der Waals surface area contributed by atoms with Crippen molar-refractivity contribution in [2.24, 2.45) is 0 Å². The van der Waals surface area contributed by atoms with Gasteiger partial charge >= 0.3 is 0 Å². The zero-order valence-electron chi connectivity index (χ0n) is 10.5. The molecule has 0 fully saturated rings. The van der Waals surface area contributed by atoms with Gasteiger partial charge in [-0.25, -0.2) is 9.97 Å². The van der Waals surface area contributed by atoms with Crippen molar-refractivity contribution in [2.45, 2.75) is 26.9 Å². The van der Waals surface area contributed by atoms with Crippen molar-refractivity contribution >= 4 is 11.6 Å². The molecule has 0 atom stereocenters. The Balaban J connectivity index is 2.41. The van der Waals surface area contributed by atoms with E-state index in [9.17, 15) is 0 Å². The van der Waals surface area contributed by atoms with Gasteiger partial charge in [-0.15, -0.1) is 0 Å². The van der Waals surface area contributed by atoms with E-state index in [1.165, 1.54) is 6.33 Å². The van der Waals surface area contributed by atoms with Gasteiger partial charge < -0.3 is 4.74 Å². The fourth-order valence-electron chi connectivity index (χ4n) is 1.60. The minimum atomic E-state index is 0.108.